The molecule has 0 amide bonds. The summed E-state index contributed by atoms with van der Waals surface area (Å²) in [6.07, 6.45) is 4.97. The Hall–Kier alpha value is -1.12. The van der Waals surface area contributed by atoms with Crippen molar-refractivity contribution in [2.45, 2.75) is 45.6 Å². The van der Waals surface area contributed by atoms with Crippen molar-refractivity contribution in [3.8, 4) is 0 Å². The third kappa shape index (κ3) is 1.47. The number of hydrogen-bond donors (Lipinski definition) is 0. The quantitative estimate of drug-likeness (QED) is 0.679. The molecule has 0 radical (unpaired) electrons. The Morgan fingerprint density at radius 1 is 1.43 bits per heavy atom. The molecule has 0 saturated carbocycles. The van der Waals surface area contributed by atoms with Crippen molar-refractivity contribution >= 4 is 0 Å². The average molecular weight is 192 g/mol. The third-order valence-electron chi connectivity index (χ3n) is 2.81. The second-order valence-electron chi connectivity index (χ2n) is 4.20. The minimum absolute atomic E-state index is 0.171. The van der Waals surface area contributed by atoms with Crippen LogP contribution < -0.4 is 5.56 Å². The molecule has 0 atom stereocenters. The lowest BCUT2D eigenvalue weighted by atomic mass is 10.1. The van der Waals surface area contributed by atoms with Gasteiger partial charge in [0.2, 0.25) is 0 Å². The van der Waals surface area contributed by atoms with Crippen molar-refractivity contribution in [2.24, 2.45) is 0 Å². The van der Waals surface area contributed by atoms with E-state index >= 15 is 0 Å². The maximum absolute atomic E-state index is 12.0. The van der Waals surface area contributed by atoms with Gasteiger partial charge in [0.25, 0.3) is 5.56 Å². The van der Waals surface area contributed by atoms with Crippen molar-refractivity contribution in [3.63, 3.8) is 0 Å². The van der Waals surface area contributed by atoms with Crippen LogP contribution >= 0.6 is 0 Å². The molecular formula is C11H16N2O. The van der Waals surface area contributed by atoms with Crippen LogP contribution in [0.15, 0.2) is 11.0 Å². The summed E-state index contributed by atoms with van der Waals surface area (Å²) in [7, 11) is 0. The van der Waals surface area contributed by atoms with Crippen molar-refractivity contribution in [3.05, 3.63) is 27.9 Å². The SMILES string of the molecule is CC(C)c1cnc2n(c1=O)CCCC2. The van der Waals surface area contributed by atoms with Crippen LogP contribution in [-0.4, -0.2) is 9.55 Å². The fourth-order valence-corrected chi connectivity index (χ4v) is 1.92. The number of aromatic nitrogens is 2. The van der Waals surface area contributed by atoms with Gasteiger partial charge in [-0.3, -0.25) is 9.36 Å². The topological polar surface area (TPSA) is 34.9 Å². The Morgan fingerprint density at radius 3 is 2.93 bits per heavy atom. The van der Waals surface area contributed by atoms with Crippen LogP contribution in [0.3, 0.4) is 0 Å². The molecular weight excluding hydrogens is 176 g/mol. The monoisotopic (exact) mass is 192 g/mol. The Kier molecular flexibility index (Phi) is 2.40. The molecule has 0 unspecified atom stereocenters. The minimum atomic E-state index is 0.171. The summed E-state index contributed by atoms with van der Waals surface area (Å²) in [6.45, 7) is 4.92. The van der Waals surface area contributed by atoms with Gasteiger partial charge in [-0.2, -0.15) is 0 Å². The van der Waals surface area contributed by atoms with Gasteiger partial charge >= 0.3 is 0 Å². The third-order valence-corrected chi connectivity index (χ3v) is 2.81. The highest BCUT2D eigenvalue weighted by Crippen LogP contribution is 2.13. The molecule has 0 bridgehead atoms. The fraction of sp³-hybridized carbons (Fsp3) is 0.636. The molecule has 0 saturated heterocycles. The van der Waals surface area contributed by atoms with E-state index in [0.29, 0.717) is 0 Å². The Bertz CT molecular complexity index is 393. The van der Waals surface area contributed by atoms with E-state index in [1.165, 1.54) is 0 Å². The van der Waals surface area contributed by atoms with Crippen LogP contribution in [0.1, 0.15) is 44.0 Å². The van der Waals surface area contributed by atoms with E-state index in [1.54, 1.807) is 6.20 Å². The summed E-state index contributed by atoms with van der Waals surface area (Å²) < 4.78 is 1.85. The largest absolute Gasteiger partial charge is 0.296 e. The average Bonchev–Trinajstić information content (AvgIpc) is 2.18. The van der Waals surface area contributed by atoms with Crippen LogP contribution in [0.2, 0.25) is 0 Å². The molecule has 2 heterocycles. The van der Waals surface area contributed by atoms with E-state index in [4.69, 9.17) is 0 Å². The molecule has 1 aromatic rings. The first kappa shape index (κ1) is 9.44. The highest BCUT2D eigenvalue weighted by Gasteiger charge is 2.15. The van der Waals surface area contributed by atoms with Crippen molar-refractivity contribution in [2.75, 3.05) is 0 Å². The standard InChI is InChI=1S/C11H16N2O/c1-8(2)9-7-12-10-5-3-4-6-13(10)11(9)14/h7-8H,3-6H2,1-2H3. The van der Waals surface area contributed by atoms with E-state index in [0.717, 1.165) is 37.2 Å². The van der Waals surface area contributed by atoms with E-state index in [2.05, 4.69) is 4.98 Å². The molecule has 0 fully saturated rings. The van der Waals surface area contributed by atoms with E-state index in [9.17, 15) is 4.79 Å². The molecule has 14 heavy (non-hydrogen) atoms. The first-order valence-corrected chi connectivity index (χ1v) is 5.28. The number of nitrogens with zero attached hydrogens (tertiary/aromatic N) is 2. The van der Waals surface area contributed by atoms with E-state index < -0.39 is 0 Å². The normalized spacial score (nSPS) is 15.6. The van der Waals surface area contributed by atoms with Crippen molar-refractivity contribution in [1.29, 1.82) is 0 Å². The van der Waals surface area contributed by atoms with Crippen molar-refractivity contribution in [1.82, 2.24) is 9.55 Å². The van der Waals surface area contributed by atoms with Gasteiger partial charge in [0, 0.05) is 24.7 Å². The van der Waals surface area contributed by atoms with Gasteiger partial charge in [0.05, 0.1) is 0 Å². The minimum Gasteiger partial charge on any atom is -0.296 e. The second kappa shape index (κ2) is 3.56. The van der Waals surface area contributed by atoms with Gasteiger partial charge in [-0.05, 0) is 18.8 Å². The van der Waals surface area contributed by atoms with Gasteiger partial charge in [0.1, 0.15) is 5.82 Å². The number of hydrogen-bond acceptors (Lipinski definition) is 2. The lowest BCUT2D eigenvalue weighted by molar-refractivity contribution is 0.490. The molecule has 0 N–H and O–H groups in total. The molecule has 0 aromatic carbocycles. The van der Waals surface area contributed by atoms with Crippen LogP contribution in [0.5, 0.6) is 0 Å². The lowest BCUT2D eigenvalue weighted by Gasteiger charge is -2.18. The molecule has 76 valence electrons. The number of aryl methyl sites for hydroxylation is 1. The maximum Gasteiger partial charge on any atom is 0.256 e. The zero-order valence-corrected chi connectivity index (χ0v) is 8.79. The zero-order chi connectivity index (χ0) is 10.1. The Balaban J connectivity index is 2.55. The van der Waals surface area contributed by atoms with E-state index in [-0.39, 0.29) is 11.5 Å². The first-order chi connectivity index (χ1) is 6.70. The summed E-state index contributed by atoms with van der Waals surface area (Å²) in [5.74, 6) is 1.24. The first-order valence-electron chi connectivity index (χ1n) is 5.28. The molecule has 1 aromatic heterocycles. The summed E-state index contributed by atoms with van der Waals surface area (Å²) in [4.78, 5) is 16.3. The second-order valence-corrected chi connectivity index (χ2v) is 4.20. The number of rotatable bonds is 1. The van der Waals surface area contributed by atoms with Gasteiger partial charge in [-0.15, -0.1) is 0 Å². The molecule has 2 rings (SSSR count). The van der Waals surface area contributed by atoms with Crippen LogP contribution in [0.25, 0.3) is 0 Å². The molecule has 1 aliphatic heterocycles. The zero-order valence-electron chi connectivity index (χ0n) is 8.79. The maximum atomic E-state index is 12.0. The Labute approximate surface area is 83.8 Å². The molecule has 3 heteroatoms. The lowest BCUT2D eigenvalue weighted by Crippen LogP contribution is -2.30. The van der Waals surface area contributed by atoms with E-state index in [1.807, 2.05) is 18.4 Å². The van der Waals surface area contributed by atoms with Gasteiger partial charge in [-0.1, -0.05) is 13.8 Å². The smallest absolute Gasteiger partial charge is 0.256 e. The van der Waals surface area contributed by atoms with Crippen LogP contribution in [0.4, 0.5) is 0 Å². The van der Waals surface area contributed by atoms with Crippen LogP contribution in [-0.2, 0) is 13.0 Å². The van der Waals surface area contributed by atoms with Crippen LogP contribution in [0, 0.1) is 0 Å². The predicted octanol–water partition coefficient (Wildman–Crippen LogP) is 1.70. The Morgan fingerprint density at radius 2 is 2.21 bits per heavy atom. The highest BCUT2D eigenvalue weighted by atomic mass is 16.1. The highest BCUT2D eigenvalue weighted by molar-refractivity contribution is 5.12. The van der Waals surface area contributed by atoms with Gasteiger partial charge in [0.15, 0.2) is 0 Å². The molecule has 3 nitrogen and oxygen atoms in total. The summed E-state index contributed by atoms with van der Waals surface area (Å²) >= 11 is 0. The molecule has 0 spiro atoms. The van der Waals surface area contributed by atoms with Gasteiger partial charge in [-0.25, -0.2) is 4.98 Å². The molecule has 0 aliphatic carbocycles. The fourth-order valence-electron chi connectivity index (χ4n) is 1.92. The summed E-state index contributed by atoms with van der Waals surface area (Å²) in [6, 6.07) is 0. The predicted molar refractivity (Wildman–Crippen MR) is 55.5 cm³/mol. The summed E-state index contributed by atoms with van der Waals surface area (Å²) in [5, 5.41) is 0. The summed E-state index contributed by atoms with van der Waals surface area (Å²) in [5.41, 5.74) is 1.01. The number of fused-ring (bicyclic) bond motifs is 1. The van der Waals surface area contributed by atoms with Crippen molar-refractivity contribution < 1.29 is 0 Å². The molecule has 1 aliphatic rings. The van der Waals surface area contributed by atoms with Gasteiger partial charge < -0.3 is 0 Å².